The third-order valence-electron chi connectivity index (χ3n) is 8.08. The molecule has 2 aromatic heterocycles. The van der Waals surface area contributed by atoms with Gasteiger partial charge in [-0.3, -0.25) is 4.79 Å². The molecule has 0 unspecified atom stereocenters. The third-order valence-corrected chi connectivity index (χ3v) is 8.08. The quantitative estimate of drug-likeness (QED) is 0.0658. The molecule has 45 heavy (non-hydrogen) atoms. The smallest absolute Gasteiger partial charge is 0.219 e. The van der Waals surface area contributed by atoms with Crippen LogP contribution in [-0.2, 0) is 4.79 Å². The Morgan fingerprint density at radius 1 is 0.933 bits per heavy atom. The largest absolute Gasteiger partial charge is 0.494 e. The molecule has 6 rings (SSSR count). The van der Waals surface area contributed by atoms with Crippen LogP contribution in [0.25, 0.3) is 55.3 Å². The molecule has 5 aromatic rings. The van der Waals surface area contributed by atoms with Crippen molar-refractivity contribution in [3.63, 3.8) is 0 Å². The van der Waals surface area contributed by atoms with E-state index >= 15 is 0 Å². The molecule has 232 valence electrons. The molecular formula is C33H38N10O2. The Bertz CT molecular complexity index is 1810. The van der Waals surface area contributed by atoms with Crippen molar-refractivity contribution < 1.29 is 9.53 Å². The number of fused-ring (bicyclic) bond motifs is 2. The SMILES string of the molecule is CN1CCN(c2ccc3nc(-c4ccc5nc(-c6cccc(OCCCCC(=O)NCCCN=[N+]=[N-])c6)[nH]c5c4)[nH]c3c2)CC1. The van der Waals surface area contributed by atoms with Gasteiger partial charge in [-0.25, -0.2) is 9.97 Å². The summed E-state index contributed by atoms with van der Waals surface area (Å²) in [5.41, 5.74) is 15.2. The molecule has 12 nitrogen and oxygen atoms in total. The first-order valence-corrected chi connectivity index (χ1v) is 15.5. The van der Waals surface area contributed by atoms with Gasteiger partial charge in [-0.1, -0.05) is 17.2 Å². The topological polar surface area (TPSA) is 151 Å². The Morgan fingerprint density at radius 2 is 1.67 bits per heavy atom. The number of piperazine rings is 1. The molecule has 0 radical (unpaired) electrons. The number of nitrogens with zero attached hydrogens (tertiary/aromatic N) is 7. The van der Waals surface area contributed by atoms with Crippen LogP contribution in [0, 0.1) is 0 Å². The van der Waals surface area contributed by atoms with Crippen LogP contribution in [-0.4, -0.2) is 83.7 Å². The van der Waals surface area contributed by atoms with Crippen molar-refractivity contribution >= 4 is 33.7 Å². The van der Waals surface area contributed by atoms with Gasteiger partial charge in [-0.2, -0.15) is 0 Å². The Kier molecular flexibility index (Phi) is 9.43. The van der Waals surface area contributed by atoms with E-state index < -0.39 is 0 Å². The molecule has 12 heteroatoms. The van der Waals surface area contributed by atoms with Crippen molar-refractivity contribution in [3.8, 4) is 28.5 Å². The number of imidazole rings is 2. The number of azide groups is 1. The number of likely N-dealkylation sites (N-methyl/N-ethyl adjacent to an activating group) is 1. The van der Waals surface area contributed by atoms with E-state index in [1.807, 2.05) is 30.3 Å². The van der Waals surface area contributed by atoms with Crippen LogP contribution >= 0.6 is 0 Å². The fourth-order valence-electron chi connectivity index (χ4n) is 5.51. The molecule has 1 aliphatic rings. The number of unbranched alkanes of at least 4 members (excludes halogenated alkanes) is 1. The fraction of sp³-hybridized carbons (Fsp3) is 0.364. The molecule has 0 bridgehead atoms. The van der Waals surface area contributed by atoms with Gasteiger partial charge in [-0.15, -0.1) is 0 Å². The number of amides is 1. The molecule has 1 amide bonds. The van der Waals surface area contributed by atoms with Crippen molar-refractivity contribution in [2.24, 2.45) is 5.11 Å². The van der Waals surface area contributed by atoms with E-state index in [4.69, 9.17) is 20.2 Å². The minimum atomic E-state index is 0.00153. The fourth-order valence-corrected chi connectivity index (χ4v) is 5.51. The van der Waals surface area contributed by atoms with Crippen LogP contribution in [0.15, 0.2) is 65.8 Å². The van der Waals surface area contributed by atoms with Gasteiger partial charge in [0.1, 0.15) is 17.4 Å². The Labute approximate surface area is 261 Å². The van der Waals surface area contributed by atoms with Crippen molar-refractivity contribution in [3.05, 3.63) is 71.1 Å². The van der Waals surface area contributed by atoms with Crippen LogP contribution in [0.5, 0.6) is 5.75 Å². The van der Waals surface area contributed by atoms with Gasteiger partial charge in [0, 0.05) is 67.4 Å². The van der Waals surface area contributed by atoms with Crippen molar-refractivity contribution in [1.82, 2.24) is 30.2 Å². The van der Waals surface area contributed by atoms with Gasteiger partial charge in [0.15, 0.2) is 0 Å². The molecule has 1 saturated heterocycles. The number of aromatic nitrogens is 4. The number of hydrogen-bond donors (Lipinski definition) is 3. The average Bonchev–Trinajstić information content (AvgIpc) is 3.69. The highest BCUT2D eigenvalue weighted by Gasteiger charge is 2.16. The Hall–Kier alpha value is -5.06. The number of aromatic amines is 2. The van der Waals surface area contributed by atoms with E-state index in [0.29, 0.717) is 32.5 Å². The van der Waals surface area contributed by atoms with Crippen molar-refractivity contribution in [2.75, 3.05) is 57.8 Å². The van der Waals surface area contributed by atoms with Gasteiger partial charge < -0.3 is 29.8 Å². The molecular weight excluding hydrogens is 568 g/mol. The molecule has 1 fully saturated rings. The van der Waals surface area contributed by atoms with Gasteiger partial charge in [-0.05, 0) is 80.4 Å². The van der Waals surface area contributed by atoms with E-state index in [9.17, 15) is 4.79 Å². The first kappa shape index (κ1) is 30.0. The maximum atomic E-state index is 11.9. The van der Waals surface area contributed by atoms with Gasteiger partial charge >= 0.3 is 0 Å². The van der Waals surface area contributed by atoms with Crippen molar-refractivity contribution in [2.45, 2.75) is 25.7 Å². The lowest BCUT2D eigenvalue weighted by Crippen LogP contribution is -2.44. The monoisotopic (exact) mass is 606 g/mol. The molecule has 3 aromatic carbocycles. The maximum Gasteiger partial charge on any atom is 0.219 e. The number of carbonyl (C=O) groups excluding carboxylic acids is 1. The van der Waals surface area contributed by atoms with Gasteiger partial charge in [0.05, 0.1) is 28.7 Å². The highest BCUT2D eigenvalue weighted by atomic mass is 16.5. The zero-order valence-corrected chi connectivity index (χ0v) is 25.5. The summed E-state index contributed by atoms with van der Waals surface area (Å²) in [6.07, 6.45) is 2.58. The van der Waals surface area contributed by atoms with Crippen LogP contribution in [0.4, 0.5) is 5.69 Å². The number of ether oxygens (including phenoxy) is 1. The summed E-state index contributed by atoms with van der Waals surface area (Å²) in [6, 6.07) is 20.5. The number of hydrogen-bond acceptors (Lipinski definition) is 7. The molecule has 0 saturated carbocycles. The summed E-state index contributed by atoms with van der Waals surface area (Å²) in [6.45, 7) is 5.62. The van der Waals surface area contributed by atoms with Crippen LogP contribution in [0.1, 0.15) is 25.7 Å². The Balaban J connectivity index is 1.06. The second-order valence-corrected chi connectivity index (χ2v) is 11.4. The van der Waals surface area contributed by atoms with E-state index in [2.05, 4.69) is 72.5 Å². The van der Waals surface area contributed by atoms with Crippen LogP contribution < -0.4 is 15.0 Å². The molecule has 0 aliphatic carbocycles. The van der Waals surface area contributed by atoms with Crippen LogP contribution in [0.2, 0.25) is 0 Å². The summed E-state index contributed by atoms with van der Waals surface area (Å²) < 4.78 is 5.97. The second-order valence-electron chi connectivity index (χ2n) is 11.4. The predicted octanol–water partition coefficient (Wildman–Crippen LogP) is 5.89. The molecule has 3 heterocycles. The summed E-state index contributed by atoms with van der Waals surface area (Å²) in [7, 11) is 2.17. The van der Waals surface area contributed by atoms with Crippen molar-refractivity contribution in [1.29, 1.82) is 0 Å². The standard InChI is InChI=1S/C33H38N10O2/c1-42-15-17-43(18-16-42)25-10-12-28-30(22-25)40-33(38-28)24-9-11-27-29(21-24)39-32(37-27)23-6-4-7-26(20-23)45-19-3-2-8-31(44)35-13-5-14-36-41-34/h4,6-7,9-12,20-22H,2-3,5,8,13-19H2,1H3,(H,35,44)(H,37,39)(H,38,40). The zero-order valence-electron chi connectivity index (χ0n) is 25.5. The molecule has 3 N–H and O–H groups in total. The number of benzene rings is 3. The van der Waals surface area contributed by atoms with Crippen LogP contribution in [0.3, 0.4) is 0 Å². The van der Waals surface area contributed by atoms with E-state index in [0.717, 1.165) is 89.6 Å². The zero-order chi connectivity index (χ0) is 31.0. The minimum absolute atomic E-state index is 0.00153. The average molecular weight is 607 g/mol. The molecule has 1 aliphatic heterocycles. The second kappa shape index (κ2) is 14.1. The van der Waals surface area contributed by atoms with Gasteiger partial charge in [0.2, 0.25) is 5.91 Å². The maximum absolute atomic E-state index is 11.9. The lowest BCUT2D eigenvalue weighted by molar-refractivity contribution is -0.121. The summed E-state index contributed by atoms with van der Waals surface area (Å²) in [4.78, 5) is 36.1. The lowest BCUT2D eigenvalue weighted by Gasteiger charge is -2.34. The normalized spacial score (nSPS) is 13.7. The third kappa shape index (κ3) is 7.54. The number of carbonyl (C=O) groups is 1. The first-order valence-electron chi connectivity index (χ1n) is 15.5. The highest BCUT2D eigenvalue weighted by Crippen LogP contribution is 2.29. The van der Waals surface area contributed by atoms with E-state index in [-0.39, 0.29) is 5.91 Å². The number of nitrogens with one attached hydrogen (secondary N) is 3. The van der Waals surface area contributed by atoms with E-state index in [1.165, 1.54) is 5.69 Å². The highest BCUT2D eigenvalue weighted by molar-refractivity contribution is 5.87. The lowest BCUT2D eigenvalue weighted by atomic mass is 10.2. The number of anilines is 1. The number of H-pyrrole nitrogens is 2. The van der Waals surface area contributed by atoms with Gasteiger partial charge in [0.25, 0.3) is 0 Å². The van der Waals surface area contributed by atoms with E-state index in [1.54, 1.807) is 0 Å². The minimum Gasteiger partial charge on any atom is -0.494 e. The Morgan fingerprint density at radius 3 is 2.44 bits per heavy atom. The summed E-state index contributed by atoms with van der Waals surface area (Å²) >= 11 is 0. The summed E-state index contributed by atoms with van der Waals surface area (Å²) in [5, 5.41) is 6.30. The first-order chi connectivity index (χ1) is 22.1. The summed E-state index contributed by atoms with van der Waals surface area (Å²) in [5.74, 6) is 2.36. The molecule has 0 atom stereocenters. The molecule has 0 spiro atoms. The number of rotatable bonds is 13. The predicted molar refractivity (Wildman–Crippen MR) is 177 cm³/mol.